The first kappa shape index (κ1) is 12.5. The van der Waals surface area contributed by atoms with Crippen molar-refractivity contribution in [2.45, 2.75) is 24.7 Å². The fourth-order valence-electron chi connectivity index (χ4n) is 2.60. The van der Waals surface area contributed by atoms with Crippen molar-refractivity contribution >= 4 is 16.5 Å². The predicted molar refractivity (Wildman–Crippen MR) is 80.1 cm³/mol. The molecule has 5 nitrogen and oxygen atoms in total. The van der Waals surface area contributed by atoms with E-state index in [0.717, 1.165) is 24.4 Å². The van der Waals surface area contributed by atoms with Crippen molar-refractivity contribution in [1.29, 1.82) is 0 Å². The van der Waals surface area contributed by atoms with Crippen molar-refractivity contribution in [3.63, 3.8) is 0 Å². The zero-order chi connectivity index (χ0) is 14.3. The second-order valence-electron chi connectivity index (χ2n) is 5.31. The van der Waals surface area contributed by atoms with Crippen molar-refractivity contribution in [1.82, 2.24) is 15.1 Å². The van der Waals surface area contributed by atoms with Crippen LogP contribution in [0.15, 0.2) is 40.2 Å². The lowest BCUT2D eigenvalue weighted by Crippen LogP contribution is -2.10. The number of thiazole rings is 1. The van der Waals surface area contributed by atoms with Crippen LogP contribution in [-0.2, 0) is 11.8 Å². The third-order valence-corrected chi connectivity index (χ3v) is 4.60. The summed E-state index contributed by atoms with van der Waals surface area (Å²) in [7, 11) is 0. The monoisotopic (exact) mass is 298 g/mol. The summed E-state index contributed by atoms with van der Waals surface area (Å²) in [6, 6.07) is 10.4. The van der Waals surface area contributed by atoms with Crippen LogP contribution in [0.4, 0.5) is 5.13 Å². The fraction of sp³-hybridized carbons (Fsp3) is 0.267. The van der Waals surface area contributed by atoms with Gasteiger partial charge in [0, 0.05) is 5.38 Å². The van der Waals surface area contributed by atoms with Crippen LogP contribution in [-0.4, -0.2) is 15.1 Å². The number of hydrogen-bond acceptors (Lipinski definition) is 6. The van der Waals surface area contributed by atoms with Crippen molar-refractivity contribution in [2.75, 3.05) is 5.73 Å². The zero-order valence-electron chi connectivity index (χ0n) is 11.3. The Morgan fingerprint density at radius 1 is 1.19 bits per heavy atom. The average Bonchev–Trinajstić information content (AvgIpc) is 3.02. The van der Waals surface area contributed by atoms with Gasteiger partial charge < -0.3 is 10.3 Å². The second kappa shape index (κ2) is 4.66. The number of anilines is 1. The second-order valence-corrected chi connectivity index (χ2v) is 6.20. The third-order valence-electron chi connectivity index (χ3n) is 3.87. The van der Waals surface area contributed by atoms with E-state index in [-0.39, 0.29) is 5.41 Å². The van der Waals surface area contributed by atoms with Gasteiger partial charge in [0.25, 0.3) is 0 Å². The number of rotatable bonds is 4. The van der Waals surface area contributed by atoms with Crippen LogP contribution in [0.2, 0.25) is 0 Å². The normalized spacial score (nSPS) is 16.0. The predicted octanol–water partition coefficient (Wildman–Crippen LogP) is 2.78. The SMILES string of the molecule is Nc1nc(Cc2nc(C3(c4ccccc4)CC3)no2)cs1. The van der Waals surface area contributed by atoms with Crippen LogP contribution in [0.1, 0.15) is 35.8 Å². The molecule has 1 saturated carbocycles. The number of aromatic nitrogens is 3. The van der Waals surface area contributed by atoms with Gasteiger partial charge in [-0.3, -0.25) is 0 Å². The summed E-state index contributed by atoms with van der Waals surface area (Å²) in [5.74, 6) is 1.38. The van der Waals surface area contributed by atoms with Crippen LogP contribution in [0, 0.1) is 0 Å². The molecule has 3 aromatic rings. The van der Waals surface area contributed by atoms with Gasteiger partial charge in [0.15, 0.2) is 11.0 Å². The van der Waals surface area contributed by atoms with E-state index >= 15 is 0 Å². The molecule has 0 atom stereocenters. The van der Waals surface area contributed by atoms with Gasteiger partial charge in [0.05, 0.1) is 17.5 Å². The molecule has 1 aliphatic carbocycles. The maximum absolute atomic E-state index is 5.63. The lowest BCUT2D eigenvalue weighted by Gasteiger charge is -2.09. The van der Waals surface area contributed by atoms with Gasteiger partial charge in [0.2, 0.25) is 5.89 Å². The Morgan fingerprint density at radius 3 is 2.67 bits per heavy atom. The van der Waals surface area contributed by atoms with E-state index in [2.05, 4.69) is 39.4 Å². The zero-order valence-corrected chi connectivity index (χ0v) is 12.1. The number of nitrogens with two attached hydrogens (primary N) is 1. The highest BCUT2D eigenvalue weighted by molar-refractivity contribution is 7.13. The molecule has 0 unspecified atom stereocenters. The van der Waals surface area contributed by atoms with Gasteiger partial charge in [0.1, 0.15) is 0 Å². The summed E-state index contributed by atoms with van der Waals surface area (Å²) in [5.41, 5.74) is 7.71. The summed E-state index contributed by atoms with van der Waals surface area (Å²) < 4.78 is 5.39. The molecule has 0 aliphatic heterocycles. The summed E-state index contributed by atoms with van der Waals surface area (Å²) in [6.07, 6.45) is 2.67. The van der Waals surface area contributed by atoms with Crippen molar-refractivity contribution in [3.8, 4) is 0 Å². The maximum Gasteiger partial charge on any atom is 0.232 e. The van der Waals surface area contributed by atoms with Gasteiger partial charge in [-0.1, -0.05) is 35.5 Å². The summed E-state index contributed by atoms with van der Waals surface area (Å²) in [4.78, 5) is 8.79. The van der Waals surface area contributed by atoms with Crippen LogP contribution < -0.4 is 5.73 Å². The van der Waals surface area contributed by atoms with E-state index in [1.807, 2.05) is 11.4 Å². The quantitative estimate of drug-likeness (QED) is 0.801. The molecule has 0 radical (unpaired) electrons. The third kappa shape index (κ3) is 2.21. The number of hydrogen-bond donors (Lipinski definition) is 1. The topological polar surface area (TPSA) is 77.8 Å². The molecule has 0 spiro atoms. The van der Waals surface area contributed by atoms with Gasteiger partial charge in [-0.2, -0.15) is 4.98 Å². The molecule has 1 aromatic carbocycles. The highest BCUT2D eigenvalue weighted by Crippen LogP contribution is 2.52. The molecule has 2 aromatic heterocycles. The van der Waals surface area contributed by atoms with Gasteiger partial charge >= 0.3 is 0 Å². The number of nitrogens with zero attached hydrogens (tertiary/aromatic N) is 3. The molecule has 106 valence electrons. The molecule has 0 bridgehead atoms. The highest BCUT2D eigenvalue weighted by atomic mass is 32.1. The minimum absolute atomic E-state index is 0.0515. The maximum atomic E-state index is 5.63. The van der Waals surface area contributed by atoms with E-state index in [0.29, 0.717) is 17.4 Å². The molecule has 2 heterocycles. The standard InChI is InChI=1S/C15H14N4OS/c16-14-17-11(9-21-14)8-12-18-13(19-20-12)15(6-7-15)10-4-2-1-3-5-10/h1-5,9H,6-8H2,(H2,16,17). The lowest BCUT2D eigenvalue weighted by atomic mass is 9.95. The van der Waals surface area contributed by atoms with Crippen molar-refractivity contribution < 1.29 is 4.52 Å². The number of benzene rings is 1. The molecule has 0 saturated heterocycles. The van der Waals surface area contributed by atoms with Crippen LogP contribution in [0.3, 0.4) is 0 Å². The molecular formula is C15H14N4OS. The first-order valence-electron chi connectivity index (χ1n) is 6.85. The highest BCUT2D eigenvalue weighted by Gasteiger charge is 2.49. The van der Waals surface area contributed by atoms with Crippen LogP contribution >= 0.6 is 11.3 Å². The smallest absolute Gasteiger partial charge is 0.232 e. The van der Waals surface area contributed by atoms with Gasteiger partial charge in [-0.25, -0.2) is 4.98 Å². The minimum Gasteiger partial charge on any atom is -0.375 e. The minimum atomic E-state index is -0.0515. The molecule has 4 rings (SSSR count). The molecule has 2 N–H and O–H groups in total. The fourth-order valence-corrected chi connectivity index (χ4v) is 3.17. The molecule has 1 aliphatic rings. The number of nitrogen functional groups attached to an aromatic ring is 1. The first-order chi connectivity index (χ1) is 10.3. The molecule has 6 heteroatoms. The Bertz CT molecular complexity index is 761. The van der Waals surface area contributed by atoms with Crippen molar-refractivity contribution in [3.05, 3.63) is 58.7 Å². The van der Waals surface area contributed by atoms with E-state index in [4.69, 9.17) is 10.3 Å². The molecule has 0 amide bonds. The molecule has 21 heavy (non-hydrogen) atoms. The average molecular weight is 298 g/mol. The summed E-state index contributed by atoms with van der Waals surface area (Å²) in [6.45, 7) is 0. The summed E-state index contributed by atoms with van der Waals surface area (Å²) >= 11 is 1.42. The Morgan fingerprint density at radius 2 is 2.00 bits per heavy atom. The first-order valence-corrected chi connectivity index (χ1v) is 7.73. The lowest BCUT2D eigenvalue weighted by molar-refractivity contribution is 0.376. The van der Waals surface area contributed by atoms with Gasteiger partial charge in [-0.15, -0.1) is 11.3 Å². The Hall–Kier alpha value is -2.21. The Balaban J connectivity index is 1.60. The van der Waals surface area contributed by atoms with E-state index < -0.39 is 0 Å². The van der Waals surface area contributed by atoms with E-state index in [9.17, 15) is 0 Å². The van der Waals surface area contributed by atoms with Crippen LogP contribution in [0.25, 0.3) is 0 Å². The van der Waals surface area contributed by atoms with E-state index in [1.165, 1.54) is 16.9 Å². The van der Waals surface area contributed by atoms with Crippen LogP contribution in [0.5, 0.6) is 0 Å². The van der Waals surface area contributed by atoms with Gasteiger partial charge in [-0.05, 0) is 18.4 Å². The van der Waals surface area contributed by atoms with E-state index in [1.54, 1.807) is 0 Å². The largest absolute Gasteiger partial charge is 0.375 e. The summed E-state index contributed by atoms with van der Waals surface area (Å²) in [5, 5.41) is 6.67. The Labute approximate surface area is 125 Å². The molecular weight excluding hydrogens is 284 g/mol. The Kier molecular flexibility index (Phi) is 2.78. The molecule has 1 fully saturated rings. The van der Waals surface area contributed by atoms with Crippen molar-refractivity contribution in [2.24, 2.45) is 0 Å².